The van der Waals surface area contributed by atoms with Gasteiger partial charge in [0.25, 0.3) is 0 Å². The summed E-state index contributed by atoms with van der Waals surface area (Å²) in [4.78, 5) is 16.6. The Morgan fingerprint density at radius 3 is 2.74 bits per heavy atom. The van der Waals surface area contributed by atoms with Gasteiger partial charge in [-0.25, -0.2) is 9.78 Å². The van der Waals surface area contributed by atoms with Crippen LogP contribution in [0.1, 0.15) is 27.2 Å². The molecule has 27 heavy (non-hydrogen) atoms. The van der Waals surface area contributed by atoms with Crippen molar-refractivity contribution < 1.29 is 14.3 Å². The molecule has 0 fully saturated rings. The van der Waals surface area contributed by atoms with E-state index in [1.807, 2.05) is 31.4 Å². The van der Waals surface area contributed by atoms with Crippen molar-refractivity contribution in [1.29, 1.82) is 0 Å². The summed E-state index contributed by atoms with van der Waals surface area (Å²) in [7, 11) is 1.52. The van der Waals surface area contributed by atoms with E-state index >= 15 is 0 Å². The highest BCUT2D eigenvalue weighted by Crippen LogP contribution is 2.28. The number of nitrogens with zero attached hydrogens (tertiary/aromatic N) is 2. The smallest absolute Gasteiger partial charge is 0.343 e. The van der Waals surface area contributed by atoms with Crippen LogP contribution >= 0.6 is 11.3 Å². The van der Waals surface area contributed by atoms with Crippen LogP contribution in [0.5, 0.6) is 11.5 Å². The molecule has 0 saturated heterocycles. The Labute approximate surface area is 161 Å². The van der Waals surface area contributed by atoms with E-state index in [0.29, 0.717) is 17.1 Å². The Bertz CT molecular complexity index is 982. The van der Waals surface area contributed by atoms with Crippen LogP contribution in [0.15, 0.2) is 52.9 Å². The van der Waals surface area contributed by atoms with Gasteiger partial charge in [-0.1, -0.05) is 17.7 Å². The van der Waals surface area contributed by atoms with Gasteiger partial charge in [0.1, 0.15) is 0 Å². The van der Waals surface area contributed by atoms with Crippen LogP contribution in [0, 0.1) is 13.8 Å². The van der Waals surface area contributed by atoms with E-state index in [0.717, 1.165) is 22.0 Å². The highest BCUT2D eigenvalue weighted by molar-refractivity contribution is 7.13. The van der Waals surface area contributed by atoms with Crippen molar-refractivity contribution >= 4 is 28.7 Å². The van der Waals surface area contributed by atoms with Gasteiger partial charge < -0.3 is 9.47 Å². The van der Waals surface area contributed by atoms with E-state index in [1.165, 1.54) is 18.4 Å². The maximum absolute atomic E-state index is 12.3. The predicted molar refractivity (Wildman–Crippen MR) is 107 cm³/mol. The van der Waals surface area contributed by atoms with Crippen LogP contribution < -0.4 is 14.9 Å². The first-order valence-corrected chi connectivity index (χ1v) is 9.11. The van der Waals surface area contributed by atoms with E-state index in [4.69, 9.17) is 9.47 Å². The summed E-state index contributed by atoms with van der Waals surface area (Å²) in [5, 5.41) is 6.82. The third kappa shape index (κ3) is 4.92. The van der Waals surface area contributed by atoms with Crippen LogP contribution in [-0.2, 0) is 0 Å². The van der Waals surface area contributed by atoms with Crippen LogP contribution in [0.2, 0.25) is 0 Å². The Balaban J connectivity index is 1.71. The Morgan fingerprint density at radius 2 is 2.04 bits per heavy atom. The van der Waals surface area contributed by atoms with Gasteiger partial charge in [0.2, 0.25) is 5.13 Å². The molecule has 0 aliphatic heterocycles. The van der Waals surface area contributed by atoms with Crippen LogP contribution in [-0.4, -0.2) is 24.3 Å². The number of ether oxygens (including phenoxy) is 2. The molecular formula is C20H19N3O3S. The fourth-order valence-corrected chi connectivity index (χ4v) is 2.98. The lowest BCUT2D eigenvalue weighted by Gasteiger charge is -2.10. The van der Waals surface area contributed by atoms with Crippen molar-refractivity contribution in [2.24, 2.45) is 5.10 Å². The maximum Gasteiger partial charge on any atom is 0.343 e. The number of hydrogen-bond donors (Lipinski definition) is 1. The molecular weight excluding hydrogens is 362 g/mol. The summed E-state index contributed by atoms with van der Waals surface area (Å²) in [6.07, 6.45) is 1.64. The number of esters is 1. The van der Waals surface area contributed by atoms with Gasteiger partial charge in [-0.3, -0.25) is 5.43 Å². The van der Waals surface area contributed by atoms with Gasteiger partial charge in [-0.15, -0.1) is 11.3 Å². The van der Waals surface area contributed by atoms with Crippen LogP contribution in [0.4, 0.5) is 5.13 Å². The minimum Gasteiger partial charge on any atom is -0.493 e. The molecule has 138 valence electrons. The fourth-order valence-electron chi connectivity index (χ4n) is 2.35. The third-order valence-corrected chi connectivity index (χ3v) is 4.50. The van der Waals surface area contributed by atoms with Gasteiger partial charge in [0.05, 0.1) is 24.6 Å². The molecule has 2 aromatic carbocycles. The summed E-state index contributed by atoms with van der Waals surface area (Å²) < 4.78 is 10.8. The number of anilines is 1. The number of carbonyl (C=O) groups is 1. The Kier molecular flexibility index (Phi) is 5.83. The molecule has 6 nitrogen and oxygen atoms in total. The SMILES string of the molecule is COc1cc(C=NNc2nc(C)cs2)ccc1OC(=O)c1cccc(C)c1. The average molecular weight is 381 g/mol. The average Bonchev–Trinajstić information content (AvgIpc) is 3.08. The normalized spacial score (nSPS) is 10.8. The molecule has 0 unspecified atom stereocenters. The molecule has 1 heterocycles. The van der Waals surface area contributed by atoms with E-state index < -0.39 is 5.97 Å². The molecule has 0 aliphatic carbocycles. The van der Waals surface area contributed by atoms with Gasteiger partial charge >= 0.3 is 5.97 Å². The first-order valence-electron chi connectivity index (χ1n) is 8.23. The number of nitrogens with one attached hydrogen (secondary N) is 1. The summed E-state index contributed by atoms with van der Waals surface area (Å²) in [5.74, 6) is 0.369. The lowest BCUT2D eigenvalue weighted by Crippen LogP contribution is -2.09. The second kappa shape index (κ2) is 8.46. The number of aromatic nitrogens is 1. The molecule has 3 rings (SSSR count). The molecule has 0 saturated carbocycles. The number of aryl methyl sites for hydroxylation is 2. The Hall–Kier alpha value is -3.19. The summed E-state index contributed by atoms with van der Waals surface area (Å²) in [5.41, 5.74) is 6.10. The number of carbonyl (C=O) groups excluding carboxylic acids is 1. The van der Waals surface area contributed by atoms with E-state index in [-0.39, 0.29) is 0 Å². The second-order valence-corrected chi connectivity index (χ2v) is 6.69. The van der Waals surface area contributed by atoms with E-state index in [1.54, 1.807) is 36.5 Å². The minimum absolute atomic E-state index is 0.352. The zero-order valence-corrected chi connectivity index (χ0v) is 16.0. The van der Waals surface area contributed by atoms with Crippen LogP contribution in [0.3, 0.4) is 0 Å². The van der Waals surface area contributed by atoms with Crippen molar-refractivity contribution in [2.45, 2.75) is 13.8 Å². The maximum atomic E-state index is 12.3. The number of hydrogen-bond acceptors (Lipinski definition) is 7. The quantitative estimate of drug-likeness (QED) is 0.296. The molecule has 3 aromatic rings. The lowest BCUT2D eigenvalue weighted by molar-refractivity contribution is 0.0729. The number of benzene rings is 2. The predicted octanol–water partition coefficient (Wildman–Crippen LogP) is 4.43. The summed E-state index contributed by atoms with van der Waals surface area (Å²) in [6, 6.07) is 12.5. The van der Waals surface area contributed by atoms with Crippen molar-refractivity contribution in [2.75, 3.05) is 12.5 Å². The zero-order valence-electron chi connectivity index (χ0n) is 15.2. The fraction of sp³-hybridized carbons (Fsp3) is 0.150. The van der Waals surface area contributed by atoms with Gasteiger partial charge in [-0.05, 0) is 49.7 Å². The summed E-state index contributed by atoms with van der Waals surface area (Å²) >= 11 is 1.48. The largest absolute Gasteiger partial charge is 0.493 e. The standard InChI is InChI=1S/C20H19N3O3S/c1-13-5-4-6-16(9-13)19(24)26-17-8-7-15(10-18(17)25-3)11-21-23-20-22-14(2)12-27-20/h4-12H,1-3H3,(H,22,23). The van der Waals surface area contributed by atoms with Crippen molar-refractivity contribution in [1.82, 2.24) is 4.98 Å². The highest BCUT2D eigenvalue weighted by atomic mass is 32.1. The van der Waals surface area contributed by atoms with Crippen molar-refractivity contribution in [3.05, 3.63) is 70.2 Å². The number of hydrazone groups is 1. The molecule has 0 bridgehead atoms. The molecule has 0 amide bonds. The molecule has 0 aliphatic rings. The second-order valence-electron chi connectivity index (χ2n) is 5.83. The highest BCUT2D eigenvalue weighted by Gasteiger charge is 2.13. The van der Waals surface area contributed by atoms with Crippen molar-refractivity contribution in [3.63, 3.8) is 0 Å². The number of methoxy groups -OCH3 is 1. The molecule has 7 heteroatoms. The first-order chi connectivity index (χ1) is 13.0. The lowest BCUT2D eigenvalue weighted by atomic mass is 10.1. The van der Waals surface area contributed by atoms with Gasteiger partial charge in [0, 0.05) is 5.38 Å². The first kappa shape index (κ1) is 18.6. The monoisotopic (exact) mass is 381 g/mol. The number of thiazole rings is 1. The van der Waals surface area contributed by atoms with E-state index in [2.05, 4.69) is 15.5 Å². The van der Waals surface area contributed by atoms with Crippen LogP contribution in [0.25, 0.3) is 0 Å². The van der Waals surface area contributed by atoms with Gasteiger partial charge in [-0.2, -0.15) is 5.10 Å². The minimum atomic E-state index is -0.431. The third-order valence-electron chi connectivity index (χ3n) is 3.64. The van der Waals surface area contributed by atoms with E-state index in [9.17, 15) is 4.79 Å². The topological polar surface area (TPSA) is 72.8 Å². The molecule has 1 N–H and O–H groups in total. The zero-order chi connectivity index (χ0) is 19.2. The molecule has 1 aromatic heterocycles. The molecule has 0 atom stereocenters. The van der Waals surface area contributed by atoms with Crippen molar-refractivity contribution in [3.8, 4) is 11.5 Å². The van der Waals surface area contributed by atoms with Gasteiger partial charge in [0.15, 0.2) is 11.5 Å². The number of rotatable bonds is 6. The Morgan fingerprint density at radius 1 is 1.19 bits per heavy atom. The summed E-state index contributed by atoms with van der Waals surface area (Å²) in [6.45, 7) is 3.85. The molecule has 0 spiro atoms. The molecule has 0 radical (unpaired) electrons.